The molecule has 0 N–H and O–H groups in total. The summed E-state index contributed by atoms with van der Waals surface area (Å²) in [7, 11) is 0. The van der Waals surface area contributed by atoms with Gasteiger partial charge in [0.05, 0.1) is 0 Å². The average Bonchev–Trinajstić information content (AvgIpc) is 2.72. The van der Waals surface area contributed by atoms with Crippen LogP contribution in [0.4, 0.5) is 5.69 Å². The molecule has 1 aliphatic rings. The first-order chi connectivity index (χ1) is 10.6. The molecule has 0 aromatic heterocycles. The normalized spacial score (nSPS) is 16.3. The highest BCUT2D eigenvalue weighted by atomic mass is 15.2. The first kappa shape index (κ1) is 15.1. The second-order valence-electron chi connectivity index (χ2n) is 6.96. The van der Waals surface area contributed by atoms with Crippen molar-refractivity contribution in [2.75, 3.05) is 11.4 Å². The van der Waals surface area contributed by atoms with Crippen LogP contribution in [0.1, 0.15) is 52.0 Å². The molecule has 0 atom stereocenters. The number of fused-ring (bicyclic) bond motifs is 3. The zero-order valence-corrected chi connectivity index (χ0v) is 14.2. The van der Waals surface area contributed by atoms with Crippen LogP contribution in [0.25, 0.3) is 10.8 Å². The molecule has 116 valence electrons. The molecule has 1 aliphatic heterocycles. The Hall–Kier alpha value is -1.76. The smallest absolute Gasteiger partial charge is 0.0456 e. The minimum absolute atomic E-state index is 0.0148. The Morgan fingerprint density at radius 3 is 2.55 bits per heavy atom. The van der Waals surface area contributed by atoms with Gasteiger partial charge in [0, 0.05) is 23.3 Å². The number of hydrogen-bond donors (Lipinski definition) is 0. The Balaban J connectivity index is 2.01. The van der Waals surface area contributed by atoms with E-state index in [1.54, 1.807) is 0 Å². The van der Waals surface area contributed by atoms with Gasteiger partial charge in [-0.2, -0.15) is 0 Å². The lowest BCUT2D eigenvalue weighted by Gasteiger charge is -2.26. The Morgan fingerprint density at radius 2 is 1.77 bits per heavy atom. The van der Waals surface area contributed by atoms with Gasteiger partial charge in [0.1, 0.15) is 0 Å². The van der Waals surface area contributed by atoms with Gasteiger partial charge < -0.3 is 4.90 Å². The van der Waals surface area contributed by atoms with Crippen LogP contribution in [0, 0.1) is 0 Å². The maximum Gasteiger partial charge on any atom is 0.0456 e. The van der Waals surface area contributed by atoms with Gasteiger partial charge >= 0.3 is 0 Å². The molecular weight excluding hydrogens is 266 g/mol. The molecule has 2 aromatic rings. The van der Waals surface area contributed by atoms with Crippen LogP contribution in [-0.2, 0) is 5.41 Å². The van der Waals surface area contributed by atoms with E-state index in [1.807, 2.05) is 0 Å². The molecule has 22 heavy (non-hydrogen) atoms. The summed E-state index contributed by atoms with van der Waals surface area (Å²) in [5.74, 6) is 0. The molecule has 0 amide bonds. The molecular formula is C21H27N. The molecule has 0 unspecified atom stereocenters. The lowest BCUT2D eigenvalue weighted by Crippen LogP contribution is -2.26. The van der Waals surface area contributed by atoms with Gasteiger partial charge in [-0.05, 0) is 28.8 Å². The topological polar surface area (TPSA) is 3.24 Å². The molecule has 0 fully saturated rings. The van der Waals surface area contributed by atoms with Crippen molar-refractivity contribution in [1.29, 1.82) is 0 Å². The fraction of sp³-hybridized carbons (Fsp3) is 0.429. The minimum atomic E-state index is 0.0148. The predicted octanol–water partition coefficient (Wildman–Crippen LogP) is 6.03. The fourth-order valence-electron chi connectivity index (χ4n) is 3.72. The third-order valence-electron chi connectivity index (χ3n) is 5.11. The zero-order valence-electron chi connectivity index (χ0n) is 14.2. The first-order valence-corrected chi connectivity index (χ1v) is 8.56. The van der Waals surface area contributed by atoms with Gasteiger partial charge in [0.2, 0.25) is 0 Å². The summed E-state index contributed by atoms with van der Waals surface area (Å²) in [5, 5.41) is 2.71. The van der Waals surface area contributed by atoms with Gasteiger partial charge in [0.15, 0.2) is 0 Å². The van der Waals surface area contributed by atoms with Crippen molar-refractivity contribution in [2.24, 2.45) is 0 Å². The van der Waals surface area contributed by atoms with E-state index in [0.717, 1.165) is 6.54 Å². The fourth-order valence-corrected chi connectivity index (χ4v) is 3.72. The number of benzene rings is 2. The van der Waals surface area contributed by atoms with Gasteiger partial charge in [-0.3, -0.25) is 0 Å². The monoisotopic (exact) mass is 293 g/mol. The summed E-state index contributed by atoms with van der Waals surface area (Å²) in [4.78, 5) is 2.46. The molecule has 0 radical (unpaired) electrons. The van der Waals surface area contributed by atoms with E-state index in [1.165, 1.54) is 53.4 Å². The second kappa shape index (κ2) is 5.79. The number of rotatable bonds is 5. The molecule has 2 aromatic carbocycles. The van der Waals surface area contributed by atoms with Crippen LogP contribution >= 0.6 is 0 Å². The number of anilines is 1. The van der Waals surface area contributed by atoms with E-state index in [-0.39, 0.29) is 5.41 Å². The van der Waals surface area contributed by atoms with Gasteiger partial charge in [0.25, 0.3) is 0 Å². The Bertz CT molecular complexity index is 696. The third-order valence-corrected chi connectivity index (χ3v) is 5.11. The highest BCUT2D eigenvalue weighted by Gasteiger charge is 2.39. The number of nitrogens with zero attached hydrogens (tertiary/aromatic N) is 1. The van der Waals surface area contributed by atoms with Crippen molar-refractivity contribution in [1.82, 2.24) is 0 Å². The van der Waals surface area contributed by atoms with Crippen molar-refractivity contribution in [3.63, 3.8) is 0 Å². The lowest BCUT2D eigenvalue weighted by atomic mass is 9.82. The molecule has 0 spiro atoms. The SMILES string of the molecule is C=C1N(CCCCCC)c2ccc3ccccc3c2C1(C)C. The van der Waals surface area contributed by atoms with Crippen LogP contribution in [0.5, 0.6) is 0 Å². The van der Waals surface area contributed by atoms with Crippen LogP contribution in [0.15, 0.2) is 48.7 Å². The predicted molar refractivity (Wildman–Crippen MR) is 97.6 cm³/mol. The third kappa shape index (κ3) is 2.33. The summed E-state index contributed by atoms with van der Waals surface area (Å²) in [6.45, 7) is 12.4. The highest BCUT2D eigenvalue weighted by Crippen LogP contribution is 2.49. The van der Waals surface area contributed by atoms with Crippen molar-refractivity contribution >= 4 is 16.5 Å². The van der Waals surface area contributed by atoms with Gasteiger partial charge in [-0.15, -0.1) is 0 Å². The highest BCUT2D eigenvalue weighted by molar-refractivity contribution is 5.94. The standard InChI is InChI=1S/C21H27N/c1-5-6-7-10-15-22-16(2)21(3,4)20-18-12-9-8-11-17(18)13-14-19(20)22/h8-9,11-14H,2,5-7,10,15H2,1,3-4H3. The number of allylic oxidation sites excluding steroid dienone is 1. The Kier molecular flexibility index (Phi) is 3.99. The van der Waals surface area contributed by atoms with Crippen molar-refractivity contribution in [3.8, 4) is 0 Å². The Morgan fingerprint density at radius 1 is 1.00 bits per heavy atom. The van der Waals surface area contributed by atoms with E-state index < -0.39 is 0 Å². The summed E-state index contributed by atoms with van der Waals surface area (Å²) in [6, 6.07) is 13.3. The van der Waals surface area contributed by atoms with E-state index in [9.17, 15) is 0 Å². The molecule has 1 heteroatoms. The van der Waals surface area contributed by atoms with E-state index in [0.29, 0.717) is 0 Å². The molecule has 0 saturated carbocycles. The largest absolute Gasteiger partial charge is 0.345 e. The van der Waals surface area contributed by atoms with Crippen molar-refractivity contribution < 1.29 is 0 Å². The average molecular weight is 293 g/mol. The van der Waals surface area contributed by atoms with Gasteiger partial charge in [-0.25, -0.2) is 0 Å². The zero-order chi connectivity index (χ0) is 15.7. The number of hydrogen-bond acceptors (Lipinski definition) is 1. The minimum Gasteiger partial charge on any atom is -0.345 e. The van der Waals surface area contributed by atoms with Crippen LogP contribution in [0.2, 0.25) is 0 Å². The van der Waals surface area contributed by atoms with Crippen LogP contribution in [-0.4, -0.2) is 6.54 Å². The van der Waals surface area contributed by atoms with E-state index >= 15 is 0 Å². The van der Waals surface area contributed by atoms with Gasteiger partial charge in [-0.1, -0.05) is 76.9 Å². The molecule has 1 heterocycles. The lowest BCUT2D eigenvalue weighted by molar-refractivity contribution is 0.616. The maximum atomic E-state index is 4.43. The van der Waals surface area contributed by atoms with E-state index in [4.69, 9.17) is 0 Å². The quantitative estimate of drug-likeness (QED) is 0.608. The van der Waals surface area contributed by atoms with E-state index in [2.05, 4.69) is 68.6 Å². The summed E-state index contributed by atoms with van der Waals surface area (Å²) < 4.78 is 0. The van der Waals surface area contributed by atoms with Crippen molar-refractivity contribution in [3.05, 3.63) is 54.2 Å². The summed E-state index contributed by atoms with van der Waals surface area (Å²) in [6.07, 6.45) is 5.17. The number of unbranched alkanes of at least 4 members (excludes halogenated alkanes) is 3. The Labute approximate surface area is 134 Å². The molecule has 0 aliphatic carbocycles. The van der Waals surface area contributed by atoms with Crippen LogP contribution in [0.3, 0.4) is 0 Å². The van der Waals surface area contributed by atoms with Crippen LogP contribution < -0.4 is 4.90 Å². The molecule has 0 bridgehead atoms. The first-order valence-electron chi connectivity index (χ1n) is 8.56. The summed E-state index contributed by atoms with van der Waals surface area (Å²) >= 11 is 0. The molecule has 1 nitrogen and oxygen atoms in total. The molecule has 0 saturated heterocycles. The molecule has 3 rings (SSSR count). The summed E-state index contributed by atoms with van der Waals surface area (Å²) in [5.41, 5.74) is 4.08. The maximum absolute atomic E-state index is 4.43. The van der Waals surface area contributed by atoms with Crippen molar-refractivity contribution in [2.45, 2.75) is 51.9 Å². The second-order valence-corrected chi connectivity index (χ2v) is 6.96.